The number of carbonyl (C=O) groups excluding carboxylic acids is 1. The number of nitrogens with one attached hydrogen (secondary N) is 1. The van der Waals surface area contributed by atoms with Gasteiger partial charge in [-0.1, -0.05) is 30.3 Å². The van der Waals surface area contributed by atoms with Gasteiger partial charge in [0.1, 0.15) is 5.75 Å². The molecule has 2 heterocycles. The maximum absolute atomic E-state index is 12.3. The molecule has 3 aromatic rings. The summed E-state index contributed by atoms with van der Waals surface area (Å²) in [6.45, 7) is 6.98. The van der Waals surface area contributed by atoms with Crippen LogP contribution in [0.3, 0.4) is 0 Å². The van der Waals surface area contributed by atoms with E-state index < -0.39 is 0 Å². The first-order valence-corrected chi connectivity index (χ1v) is 10.4. The van der Waals surface area contributed by atoms with Gasteiger partial charge in [0.2, 0.25) is 0 Å². The first kappa shape index (κ1) is 20.8. The fraction of sp³-hybridized carbons (Fsp3) is 0.292. The van der Waals surface area contributed by atoms with E-state index in [9.17, 15) is 4.79 Å². The molecule has 1 aliphatic rings. The van der Waals surface area contributed by atoms with Crippen LogP contribution in [0.15, 0.2) is 54.6 Å². The molecule has 0 aliphatic carbocycles. The Hall–Kier alpha value is -3.45. The molecule has 0 bridgehead atoms. The lowest BCUT2D eigenvalue weighted by Gasteiger charge is -2.27. The molecule has 1 saturated heterocycles. The summed E-state index contributed by atoms with van der Waals surface area (Å²) in [7, 11) is 0. The van der Waals surface area contributed by atoms with Crippen LogP contribution < -0.4 is 15.0 Å². The first-order chi connectivity index (χ1) is 15.1. The molecule has 1 fully saturated rings. The van der Waals surface area contributed by atoms with Crippen molar-refractivity contribution in [3.8, 4) is 17.0 Å². The molecule has 1 N–H and O–H groups in total. The van der Waals surface area contributed by atoms with E-state index in [0.717, 1.165) is 47.0 Å². The van der Waals surface area contributed by atoms with Gasteiger partial charge in [0, 0.05) is 24.3 Å². The Bertz CT molecular complexity index is 1010. The number of hydrogen-bond donors (Lipinski definition) is 1. The van der Waals surface area contributed by atoms with E-state index in [4.69, 9.17) is 9.47 Å². The number of nitrogens with zero attached hydrogens (tertiary/aromatic N) is 3. The van der Waals surface area contributed by atoms with E-state index in [0.29, 0.717) is 18.9 Å². The van der Waals surface area contributed by atoms with Crippen molar-refractivity contribution in [2.45, 2.75) is 13.8 Å². The van der Waals surface area contributed by atoms with Crippen LogP contribution in [0.2, 0.25) is 0 Å². The molecule has 0 saturated carbocycles. The van der Waals surface area contributed by atoms with Gasteiger partial charge in [-0.3, -0.25) is 4.79 Å². The molecular formula is C24H26N4O3. The van der Waals surface area contributed by atoms with Crippen molar-refractivity contribution in [2.75, 3.05) is 43.1 Å². The van der Waals surface area contributed by atoms with Gasteiger partial charge in [0.15, 0.2) is 12.4 Å². The van der Waals surface area contributed by atoms with Crippen molar-refractivity contribution < 1.29 is 14.3 Å². The number of ether oxygens (including phenoxy) is 2. The third-order valence-corrected chi connectivity index (χ3v) is 5.21. The molecular weight excluding hydrogens is 392 g/mol. The van der Waals surface area contributed by atoms with E-state index in [-0.39, 0.29) is 12.5 Å². The zero-order valence-electron chi connectivity index (χ0n) is 17.8. The van der Waals surface area contributed by atoms with Crippen molar-refractivity contribution >= 4 is 17.4 Å². The number of rotatable bonds is 6. The molecule has 0 spiro atoms. The number of morpholine rings is 1. The van der Waals surface area contributed by atoms with Crippen LogP contribution in [0.25, 0.3) is 11.3 Å². The van der Waals surface area contributed by atoms with E-state index in [2.05, 4.69) is 20.4 Å². The molecule has 0 unspecified atom stereocenters. The highest BCUT2D eigenvalue weighted by Crippen LogP contribution is 2.23. The average Bonchev–Trinajstić information content (AvgIpc) is 2.80. The summed E-state index contributed by atoms with van der Waals surface area (Å²) in [4.78, 5) is 14.4. The monoisotopic (exact) mass is 418 g/mol. The Balaban J connectivity index is 1.34. The Labute approximate surface area is 182 Å². The Morgan fingerprint density at radius 1 is 1.00 bits per heavy atom. The highest BCUT2D eigenvalue weighted by molar-refractivity contribution is 5.92. The van der Waals surface area contributed by atoms with Gasteiger partial charge >= 0.3 is 0 Å². The van der Waals surface area contributed by atoms with Crippen LogP contribution in [0, 0.1) is 13.8 Å². The summed E-state index contributed by atoms with van der Waals surface area (Å²) in [5, 5.41) is 11.6. The first-order valence-electron chi connectivity index (χ1n) is 10.4. The molecule has 7 heteroatoms. The molecule has 4 rings (SSSR count). The molecule has 2 aromatic carbocycles. The fourth-order valence-electron chi connectivity index (χ4n) is 3.53. The lowest BCUT2D eigenvalue weighted by Crippen LogP contribution is -2.36. The lowest BCUT2D eigenvalue weighted by atomic mass is 10.1. The highest BCUT2D eigenvalue weighted by atomic mass is 16.5. The van der Waals surface area contributed by atoms with Crippen molar-refractivity contribution in [2.24, 2.45) is 0 Å². The van der Waals surface area contributed by atoms with Gasteiger partial charge in [-0.2, -0.15) is 0 Å². The zero-order chi connectivity index (χ0) is 21.6. The Morgan fingerprint density at radius 3 is 2.35 bits per heavy atom. The van der Waals surface area contributed by atoms with Gasteiger partial charge in [-0.15, -0.1) is 10.2 Å². The van der Waals surface area contributed by atoms with Crippen molar-refractivity contribution in [1.29, 1.82) is 0 Å². The minimum Gasteiger partial charge on any atom is -0.483 e. The van der Waals surface area contributed by atoms with E-state index >= 15 is 0 Å². The number of aromatic nitrogens is 2. The second-order valence-electron chi connectivity index (χ2n) is 7.51. The smallest absolute Gasteiger partial charge is 0.262 e. The molecule has 7 nitrogen and oxygen atoms in total. The van der Waals surface area contributed by atoms with Crippen molar-refractivity contribution in [3.63, 3.8) is 0 Å². The van der Waals surface area contributed by atoms with Gasteiger partial charge in [-0.05, 0) is 49.2 Å². The zero-order valence-corrected chi connectivity index (χ0v) is 17.8. The van der Waals surface area contributed by atoms with E-state index in [1.807, 2.05) is 68.4 Å². The Kier molecular flexibility index (Phi) is 6.43. The third kappa shape index (κ3) is 5.19. The van der Waals surface area contributed by atoms with E-state index in [1.165, 1.54) is 0 Å². The summed E-state index contributed by atoms with van der Waals surface area (Å²) in [5.41, 5.74) is 4.45. The molecule has 31 heavy (non-hydrogen) atoms. The number of anilines is 2. The predicted octanol–water partition coefficient (Wildman–Crippen LogP) is 3.61. The van der Waals surface area contributed by atoms with Gasteiger partial charge in [0.25, 0.3) is 5.91 Å². The minimum atomic E-state index is -0.204. The standard InChI is InChI=1S/C24H26N4O3/c1-17-4-3-5-18(2)24(17)31-16-23(29)25-20-8-6-19(7-9-20)21-10-11-22(27-26-21)28-12-14-30-15-13-28/h3-11H,12-16H2,1-2H3,(H,25,29). The maximum Gasteiger partial charge on any atom is 0.262 e. The van der Waals surface area contributed by atoms with E-state index in [1.54, 1.807) is 0 Å². The fourth-order valence-corrected chi connectivity index (χ4v) is 3.53. The van der Waals surface area contributed by atoms with Crippen molar-refractivity contribution in [3.05, 3.63) is 65.7 Å². The number of amides is 1. The maximum atomic E-state index is 12.3. The van der Waals surface area contributed by atoms with Crippen molar-refractivity contribution in [1.82, 2.24) is 10.2 Å². The third-order valence-electron chi connectivity index (χ3n) is 5.21. The Morgan fingerprint density at radius 2 is 1.71 bits per heavy atom. The second kappa shape index (κ2) is 9.57. The number of carbonyl (C=O) groups is 1. The molecule has 160 valence electrons. The second-order valence-corrected chi connectivity index (χ2v) is 7.51. The van der Waals surface area contributed by atoms with Crippen LogP contribution in [0.5, 0.6) is 5.75 Å². The molecule has 0 atom stereocenters. The molecule has 1 amide bonds. The van der Waals surface area contributed by atoms with Crippen LogP contribution in [-0.2, 0) is 9.53 Å². The minimum absolute atomic E-state index is 0.0398. The SMILES string of the molecule is Cc1cccc(C)c1OCC(=O)Nc1ccc(-c2ccc(N3CCOCC3)nn2)cc1. The van der Waals surface area contributed by atoms with Crippen LogP contribution in [0.1, 0.15) is 11.1 Å². The average molecular weight is 418 g/mol. The summed E-state index contributed by atoms with van der Waals surface area (Å²) >= 11 is 0. The number of aryl methyl sites for hydroxylation is 2. The summed E-state index contributed by atoms with van der Waals surface area (Å²) < 4.78 is 11.1. The molecule has 0 radical (unpaired) electrons. The van der Waals surface area contributed by atoms with Gasteiger partial charge in [0.05, 0.1) is 18.9 Å². The lowest BCUT2D eigenvalue weighted by molar-refractivity contribution is -0.118. The van der Waals surface area contributed by atoms with Crippen LogP contribution in [-0.4, -0.2) is 49.0 Å². The number of benzene rings is 2. The van der Waals surface area contributed by atoms with Gasteiger partial charge in [-0.25, -0.2) is 0 Å². The number of para-hydroxylation sites is 1. The topological polar surface area (TPSA) is 76.6 Å². The summed E-state index contributed by atoms with van der Waals surface area (Å²) in [6, 6.07) is 17.4. The summed E-state index contributed by atoms with van der Waals surface area (Å²) in [5.74, 6) is 1.41. The quantitative estimate of drug-likeness (QED) is 0.659. The molecule has 1 aromatic heterocycles. The predicted molar refractivity (Wildman–Crippen MR) is 121 cm³/mol. The van der Waals surface area contributed by atoms with Crippen LogP contribution in [0.4, 0.5) is 11.5 Å². The largest absolute Gasteiger partial charge is 0.483 e. The normalized spacial score (nSPS) is 13.7. The molecule has 1 aliphatic heterocycles. The van der Waals surface area contributed by atoms with Gasteiger partial charge < -0.3 is 19.7 Å². The highest BCUT2D eigenvalue weighted by Gasteiger charge is 2.13. The van der Waals surface area contributed by atoms with Crippen LogP contribution >= 0.6 is 0 Å². The summed E-state index contributed by atoms with van der Waals surface area (Å²) in [6.07, 6.45) is 0. The number of hydrogen-bond acceptors (Lipinski definition) is 6.